The highest BCUT2D eigenvalue weighted by molar-refractivity contribution is 7.99. The van der Waals surface area contributed by atoms with Crippen molar-refractivity contribution in [1.29, 1.82) is 0 Å². The van der Waals surface area contributed by atoms with Gasteiger partial charge in [-0.1, -0.05) is 0 Å². The largest absolute Gasteiger partial charge is 0.481 e. The number of amides is 1. The van der Waals surface area contributed by atoms with E-state index in [9.17, 15) is 9.59 Å². The van der Waals surface area contributed by atoms with Gasteiger partial charge in [0.1, 0.15) is 0 Å². The van der Waals surface area contributed by atoms with Gasteiger partial charge in [0.15, 0.2) is 0 Å². The molecule has 2 unspecified atom stereocenters. The van der Waals surface area contributed by atoms with Crippen molar-refractivity contribution in [2.24, 2.45) is 5.73 Å². The van der Waals surface area contributed by atoms with Crippen molar-refractivity contribution in [2.75, 3.05) is 31.8 Å². The number of aliphatic carboxylic acids is 1. The quantitative estimate of drug-likeness (QED) is 0.667. The predicted molar refractivity (Wildman–Crippen MR) is 69.5 cm³/mol. The number of rotatable bonds is 7. The molecule has 0 aromatic heterocycles. The first-order chi connectivity index (χ1) is 8.56. The van der Waals surface area contributed by atoms with Crippen LogP contribution in [0.4, 0.5) is 0 Å². The molecule has 1 aliphatic rings. The van der Waals surface area contributed by atoms with E-state index in [0.29, 0.717) is 13.2 Å². The van der Waals surface area contributed by atoms with Gasteiger partial charge < -0.3 is 20.5 Å². The number of nitrogens with two attached hydrogens (primary N) is 1. The molecule has 7 heteroatoms. The zero-order valence-corrected chi connectivity index (χ0v) is 11.3. The molecule has 0 radical (unpaired) electrons. The maximum absolute atomic E-state index is 12.1. The summed E-state index contributed by atoms with van der Waals surface area (Å²) in [5.41, 5.74) is 5.64. The molecule has 0 aromatic carbocycles. The van der Waals surface area contributed by atoms with Crippen LogP contribution >= 0.6 is 11.8 Å². The lowest BCUT2D eigenvalue weighted by Gasteiger charge is -2.30. The van der Waals surface area contributed by atoms with E-state index in [1.165, 1.54) is 0 Å². The van der Waals surface area contributed by atoms with Crippen molar-refractivity contribution in [3.8, 4) is 0 Å². The standard InChI is InChI=1S/C11H20N2O4S/c1-17-4-3-13(8-2-5-18-7-8)11(16)9(12)6-10(14)15/h8-9H,2-7,12H2,1H3,(H,14,15). The monoisotopic (exact) mass is 276 g/mol. The zero-order valence-electron chi connectivity index (χ0n) is 10.5. The van der Waals surface area contributed by atoms with Crippen LogP contribution in [0.5, 0.6) is 0 Å². The summed E-state index contributed by atoms with van der Waals surface area (Å²) >= 11 is 1.80. The summed E-state index contributed by atoms with van der Waals surface area (Å²) in [5, 5.41) is 8.68. The van der Waals surface area contributed by atoms with Gasteiger partial charge in [-0.3, -0.25) is 9.59 Å². The molecule has 1 heterocycles. The van der Waals surface area contributed by atoms with Gasteiger partial charge in [-0.05, 0) is 12.2 Å². The lowest BCUT2D eigenvalue weighted by Crippen LogP contribution is -2.50. The number of carboxylic acid groups (broad SMARTS) is 1. The summed E-state index contributed by atoms with van der Waals surface area (Å²) in [5.74, 6) is 0.565. The number of methoxy groups -OCH3 is 1. The first-order valence-electron chi connectivity index (χ1n) is 5.90. The maximum atomic E-state index is 12.1. The van der Waals surface area contributed by atoms with E-state index in [0.717, 1.165) is 17.9 Å². The molecular weight excluding hydrogens is 256 g/mol. The van der Waals surface area contributed by atoms with Crippen molar-refractivity contribution in [1.82, 2.24) is 4.90 Å². The second-order valence-corrected chi connectivity index (χ2v) is 5.40. The average Bonchev–Trinajstić information content (AvgIpc) is 2.82. The van der Waals surface area contributed by atoms with Crippen LogP contribution < -0.4 is 5.73 Å². The van der Waals surface area contributed by atoms with Gasteiger partial charge in [-0.25, -0.2) is 0 Å². The third kappa shape index (κ3) is 4.47. The van der Waals surface area contributed by atoms with E-state index < -0.39 is 12.0 Å². The lowest BCUT2D eigenvalue weighted by atomic mass is 10.1. The van der Waals surface area contributed by atoms with E-state index >= 15 is 0 Å². The lowest BCUT2D eigenvalue weighted by molar-refractivity contribution is -0.143. The van der Waals surface area contributed by atoms with Gasteiger partial charge >= 0.3 is 5.97 Å². The number of carbonyl (C=O) groups excluding carboxylic acids is 1. The van der Waals surface area contributed by atoms with Crippen molar-refractivity contribution in [3.05, 3.63) is 0 Å². The van der Waals surface area contributed by atoms with Crippen LogP contribution in [-0.4, -0.2) is 65.7 Å². The Bertz CT molecular complexity index is 295. The number of ether oxygens (including phenoxy) is 1. The maximum Gasteiger partial charge on any atom is 0.305 e. The molecule has 1 rings (SSSR count). The Hall–Kier alpha value is -0.790. The van der Waals surface area contributed by atoms with Crippen LogP contribution in [0.3, 0.4) is 0 Å². The van der Waals surface area contributed by atoms with Crippen molar-refractivity contribution in [3.63, 3.8) is 0 Å². The summed E-state index contributed by atoms with van der Waals surface area (Å²) in [4.78, 5) is 24.4. The Morgan fingerprint density at radius 1 is 1.61 bits per heavy atom. The Balaban J connectivity index is 2.62. The fourth-order valence-electron chi connectivity index (χ4n) is 1.92. The highest BCUT2D eigenvalue weighted by Crippen LogP contribution is 2.22. The third-order valence-electron chi connectivity index (χ3n) is 2.88. The van der Waals surface area contributed by atoms with Crippen molar-refractivity contribution >= 4 is 23.6 Å². The van der Waals surface area contributed by atoms with Crippen LogP contribution in [0.1, 0.15) is 12.8 Å². The summed E-state index contributed by atoms with van der Waals surface area (Å²) in [6, 6.07) is -0.817. The highest BCUT2D eigenvalue weighted by Gasteiger charge is 2.30. The molecule has 0 bridgehead atoms. The molecule has 6 nitrogen and oxygen atoms in total. The molecule has 18 heavy (non-hydrogen) atoms. The average molecular weight is 276 g/mol. The Morgan fingerprint density at radius 2 is 2.33 bits per heavy atom. The van der Waals surface area contributed by atoms with E-state index in [1.807, 2.05) is 0 Å². The van der Waals surface area contributed by atoms with Crippen LogP contribution in [0, 0.1) is 0 Å². The van der Waals surface area contributed by atoms with Gasteiger partial charge in [-0.2, -0.15) is 11.8 Å². The summed E-state index contributed by atoms with van der Waals surface area (Å²) < 4.78 is 4.99. The molecule has 1 aliphatic heterocycles. The topological polar surface area (TPSA) is 92.9 Å². The number of carbonyl (C=O) groups is 2. The predicted octanol–water partition coefficient (Wildman–Crippen LogP) is -0.231. The summed E-state index contributed by atoms with van der Waals surface area (Å²) in [6.45, 7) is 0.903. The molecule has 1 amide bonds. The molecule has 0 saturated carbocycles. The van der Waals surface area contributed by atoms with Gasteiger partial charge in [0, 0.05) is 25.4 Å². The van der Waals surface area contributed by atoms with Crippen LogP contribution in [0.25, 0.3) is 0 Å². The van der Waals surface area contributed by atoms with E-state index in [4.69, 9.17) is 15.6 Å². The van der Waals surface area contributed by atoms with Gasteiger partial charge in [0.2, 0.25) is 5.91 Å². The number of thioether (sulfide) groups is 1. The molecule has 0 spiro atoms. The number of hydrogen-bond donors (Lipinski definition) is 2. The fraction of sp³-hybridized carbons (Fsp3) is 0.818. The van der Waals surface area contributed by atoms with Gasteiger partial charge in [-0.15, -0.1) is 0 Å². The summed E-state index contributed by atoms with van der Waals surface area (Å²) in [7, 11) is 1.57. The third-order valence-corrected chi connectivity index (χ3v) is 4.02. The smallest absolute Gasteiger partial charge is 0.305 e. The zero-order chi connectivity index (χ0) is 13.5. The Labute approximate surface area is 111 Å². The van der Waals surface area contributed by atoms with Crippen LogP contribution in [-0.2, 0) is 14.3 Å². The molecule has 3 N–H and O–H groups in total. The minimum atomic E-state index is -1.05. The van der Waals surface area contributed by atoms with E-state index in [2.05, 4.69) is 0 Å². The molecule has 2 atom stereocenters. The van der Waals surface area contributed by atoms with E-state index in [-0.39, 0.29) is 18.4 Å². The van der Waals surface area contributed by atoms with Crippen LogP contribution in [0.2, 0.25) is 0 Å². The van der Waals surface area contributed by atoms with Crippen LogP contribution in [0.15, 0.2) is 0 Å². The van der Waals surface area contributed by atoms with Crippen molar-refractivity contribution < 1.29 is 19.4 Å². The molecule has 0 aromatic rings. The van der Waals surface area contributed by atoms with Crippen molar-refractivity contribution in [2.45, 2.75) is 24.9 Å². The van der Waals surface area contributed by atoms with E-state index in [1.54, 1.807) is 23.8 Å². The normalized spacial score (nSPS) is 20.7. The first-order valence-corrected chi connectivity index (χ1v) is 7.06. The Morgan fingerprint density at radius 3 is 2.83 bits per heavy atom. The number of hydrogen-bond acceptors (Lipinski definition) is 5. The Kier molecular flexibility index (Phi) is 6.45. The minimum Gasteiger partial charge on any atom is -0.481 e. The second-order valence-electron chi connectivity index (χ2n) is 4.25. The van der Waals surface area contributed by atoms with Gasteiger partial charge in [0.25, 0.3) is 0 Å². The SMILES string of the molecule is COCCN(C(=O)C(N)CC(=O)O)C1CCSC1. The second kappa shape index (κ2) is 7.60. The van der Waals surface area contributed by atoms with Gasteiger partial charge in [0.05, 0.1) is 19.1 Å². The summed E-state index contributed by atoms with van der Waals surface area (Å²) in [6.07, 6.45) is 0.599. The molecule has 1 saturated heterocycles. The number of nitrogens with zero attached hydrogens (tertiary/aromatic N) is 1. The number of carboxylic acids is 1. The highest BCUT2D eigenvalue weighted by atomic mass is 32.2. The molecule has 104 valence electrons. The first kappa shape index (κ1) is 15.3. The molecule has 0 aliphatic carbocycles. The molecular formula is C11H20N2O4S. The fourth-order valence-corrected chi connectivity index (χ4v) is 3.14. The molecule has 1 fully saturated rings. The minimum absolute atomic E-state index is 0.150.